The minimum Gasteiger partial charge on any atom is -0.450 e. The summed E-state index contributed by atoms with van der Waals surface area (Å²) in [5, 5.41) is 12.7. The van der Waals surface area contributed by atoms with Crippen molar-refractivity contribution in [2.75, 3.05) is 26.2 Å². The van der Waals surface area contributed by atoms with Crippen molar-refractivity contribution in [1.29, 1.82) is 5.26 Å². The topological polar surface area (TPSA) is 65.4 Å². The number of hydrogen-bond acceptors (Lipinski definition) is 4. The summed E-state index contributed by atoms with van der Waals surface area (Å²) in [7, 11) is 0. The van der Waals surface area contributed by atoms with Gasteiger partial charge in [-0.15, -0.1) is 0 Å². The number of likely N-dealkylation sites (tertiary alicyclic amines) is 1. The molecule has 27 heavy (non-hydrogen) atoms. The second kappa shape index (κ2) is 9.23. The van der Waals surface area contributed by atoms with Gasteiger partial charge in [0.1, 0.15) is 0 Å². The van der Waals surface area contributed by atoms with E-state index in [1.165, 1.54) is 5.56 Å². The molecule has 1 saturated carbocycles. The molecule has 1 amide bonds. The van der Waals surface area contributed by atoms with Crippen LogP contribution in [0, 0.1) is 17.2 Å². The number of nitrogens with zero attached hydrogens (tertiary/aromatic N) is 2. The van der Waals surface area contributed by atoms with Gasteiger partial charge in [-0.05, 0) is 70.0 Å². The summed E-state index contributed by atoms with van der Waals surface area (Å²) in [6.07, 6.45) is 6.00. The van der Waals surface area contributed by atoms with E-state index in [-0.39, 0.29) is 11.5 Å². The first kappa shape index (κ1) is 19.7. The summed E-state index contributed by atoms with van der Waals surface area (Å²) >= 11 is 0. The molecule has 1 aliphatic heterocycles. The zero-order valence-electron chi connectivity index (χ0n) is 16.3. The quantitative estimate of drug-likeness (QED) is 0.856. The van der Waals surface area contributed by atoms with Gasteiger partial charge in [-0.1, -0.05) is 30.3 Å². The van der Waals surface area contributed by atoms with E-state index >= 15 is 0 Å². The number of nitrogens with one attached hydrogen (secondary N) is 1. The molecule has 3 rings (SSSR count). The second-order valence-electron chi connectivity index (χ2n) is 7.87. The van der Waals surface area contributed by atoms with E-state index in [0.717, 1.165) is 51.6 Å². The van der Waals surface area contributed by atoms with Gasteiger partial charge in [-0.3, -0.25) is 0 Å². The molecule has 2 aliphatic rings. The molecule has 0 atom stereocenters. The minimum atomic E-state index is -0.306. The summed E-state index contributed by atoms with van der Waals surface area (Å²) in [6, 6.07) is 13.5. The molecule has 0 spiro atoms. The summed E-state index contributed by atoms with van der Waals surface area (Å²) in [4.78, 5) is 14.0. The smallest absolute Gasteiger partial charge is 0.407 e. The maximum absolute atomic E-state index is 11.4. The predicted molar refractivity (Wildman–Crippen MR) is 105 cm³/mol. The first-order chi connectivity index (χ1) is 13.2. The number of hydrogen-bond donors (Lipinski definition) is 1. The van der Waals surface area contributed by atoms with E-state index in [9.17, 15) is 10.1 Å². The molecule has 0 aromatic heterocycles. The number of carbonyl (C=O) groups is 1. The Hall–Kier alpha value is -2.06. The summed E-state index contributed by atoms with van der Waals surface area (Å²) in [6.45, 7) is 5.12. The highest BCUT2D eigenvalue weighted by Crippen LogP contribution is 2.40. The van der Waals surface area contributed by atoms with Crippen molar-refractivity contribution < 1.29 is 9.53 Å². The number of carbonyl (C=O) groups excluding carboxylic acids is 1. The van der Waals surface area contributed by atoms with Crippen LogP contribution in [0.3, 0.4) is 0 Å². The number of benzene rings is 1. The monoisotopic (exact) mass is 369 g/mol. The Morgan fingerprint density at radius 2 is 1.89 bits per heavy atom. The maximum Gasteiger partial charge on any atom is 0.407 e. The zero-order valence-corrected chi connectivity index (χ0v) is 16.3. The number of ether oxygens (including phenoxy) is 1. The van der Waals surface area contributed by atoms with Crippen molar-refractivity contribution >= 4 is 6.09 Å². The largest absolute Gasteiger partial charge is 0.450 e. The van der Waals surface area contributed by atoms with Crippen LogP contribution in [0.4, 0.5) is 4.79 Å². The van der Waals surface area contributed by atoms with Gasteiger partial charge in [0, 0.05) is 12.6 Å². The number of rotatable bonds is 5. The standard InChI is InChI=1S/C22H31N3O2/c1-2-27-21(26)24-16-18-10-14-25(15-11-18)20-8-12-22(17-23,13-9-20)19-6-4-3-5-7-19/h3-7,18,20H,2,8-16H2,1H3,(H,24,26). The van der Waals surface area contributed by atoms with Crippen molar-refractivity contribution in [2.45, 2.75) is 56.9 Å². The molecule has 1 saturated heterocycles. The average molecular weight is 370 g/mol. The van der Waals surface area contributed by atoms with Crippen LogP contribution in [0.25, 0.3) is 0 Å². The Morgan fingerprint density at radius 3 is 2.48 bits per heavy atom. The van der Waals surface area contributed by atoms with Crippen LogP contribution in [0.5, 0.6) is 0 Å². The normalized spacial score (nSPS) is 26.9. The number of amides is 1. The maximum atomic E-state index is 11.4. The highest BCUT2D eigenvalue weighted by atomic mass is 16.5. The van der Waals surface area contributed by atoms with Gasteiger partial charge in [0.05, 0.1) is 18.1 Å². The van der Waals surface area contributed by atoms with Gasteiger partial charge in [0.2, 0.25) is 0 Å². The van der Waals surface area contributed by atoms with E-state index in [1.807, 2.05) is 25.1 Å². The average Bonchev–Trinajstić information content (AvgIpc) is 2.74. The van der Waals surface area contributed by atoms with Crippen LogP contribution in [-0.2, 0) is 10.2 Å². The highest BCUT2D eigenvalue weighted by molar-refractivity contribution is 5.67. The van der Waals surface area contributed by atoms with Gasteiger partial charge in [0.25, 0.3) is 0 Å². The van der Waals surface area contributed by atoms with Crippen LogP contribution in [0.15, 0.2) is 30.3 Å². The Bertz CT molecular complexity index is 639. The van der Waals surface area contributed by atoms with E-state index in [0.29, 0.717) is 25.1 Å². The molecular weight excluding hydrogens is 338 g/mol. The van der Waals surface area contributed by atoms with Crippen molar-refractivity contribution in [2.24, 2.45) is 5.92 Å². The molecule has 1 aliphatic carbocycles. The summed E-state index contributed by atoms with van der Waals surface area (Å²) in [5.41, 5.74) is 0.870. The molecular formula is C22H31N3O2. The van der Waals surface area contributed by atoms with Crippen LogP contribution in [0.2, 0.25) is 0 Å². The number of nitriles is 1. The highest BCUT2D eigenvalue weighted by Gasteiger charge is 2.39. The fourth-order valence-electron chi connectivity index (χ4n) is 4.61. The van der Waals surface area contributed by atoms with Gasteiger partial charge >= 0.3 is 6.09 Å². The molecule has 0 unspecified atom stereocenters. The Labute approximate surface area is 162 Å². The molecule has 1 aromatic rings. The van der Waals surface area contributed by atoms with Crippen molar-refractivity contribution in [3.05, 3.63) is 35.9 Å². The lowest BCUT2D eigenvalue weighted by molar-refractivity contribution is 0.0930. The first-order valence-corrected chi connectivity index (χ1v) is 10.3. The second-order valence-corrected chi connectivity index (χ2v) is 7.87. The van der Waals surface area contributed by atoms with Crippen molar-refractivity contribution in [3.8, 4) is 6.07 Å². The fraction of sp³-hybridized carbons (Fsp3) is 0.636. The summed E-state index contributed by atoms with van der Waals surface area (Å²) < 4.78 is 4.93. The summed E-state index contributed by atoms with van der Waals surface area (Å²) in [5.74, 6) is 0.539. The molecule has 0 radical (unpaired) electrons. The van der Waals surface area contributed by atoms with E-state index in [2.05, 4.69) is 28.4 Å². The molecule has 0 bridgehead atoms. The first-order valence-electron chi connectivity index (χ1n) is 10.3. The Kier molecular flexibility index (Phi) is 6.73. The Balaban J connectivity index is 1.46. The molecule has 1 heterocycles. The van der Waals surface area contributed by atoms with E-state index in [4.69, 9.17) is 4.74 Å². The van der Waals surface area contributed by atoms with Crippen molar-refractivity contribution in [1.82, 2.24) is 10.2 Å². The molecule has 5 nitrogen and oxygen atoms in total. The predicted octanol–water partition coefficient (Wildman–Crippen LogP) is 3.85. The lowest BCUT2D eigenvalue weighted by Crippen LogP contribution is -2.46. The number of piperidine rings is 1. The van der Waals surface area contributed by atoms with Crippen LogP contribution < -0.4 is 5.32 Å². The van der Waals surface area contributed by atoms with E-state index in [1.54, 1.807) is 0 Å². The van der Waals surface area contributed by atoms with Gasteiger partial charge in [0.15, 0.2) is 0 Å². The molecule has 1 N–H and O–H groups in total. The fourth-order valence-corrected chi connectivity index (χ4v) is 4.61. The third-order valence-corrected chi connectivity index (χ3v) is 6.33. The lowest BCUT2D eigenvalue weighted by Gasteiger charge is -2.43. The number of alkyl carbamates (subject to hydrolysis) is 1. The zero-order chi connectivity index (χ0) is 19.1. The molecule has 2 fully saturated rings. The lowest BCUT2D eigenvalue weighted by atomic mass is 9.69. The van der Waals surface area contributed by atoms with Crippen LogP contribution >= 0.6 is 0 Å². The Morgan fingerprint density at radius 1 is 1.22 bits per heavy atom. The third-order valence-electron chi connectivity index (χ3n) is 6.33. The molecule has 146 valence electrons. The van der Waals surface area contributed by atoms with Gasteiger partial charge < -0.3 is 15.0 Å². The minimum absolute atomic E-state index is 0.305. The van der Waals surface area contributed by atoms with Gasteiger partial charge in [-0.2, -0.15) is 5.26 Å². The van der Waals surface area contributed by atoms with Gasteiger partial charge in [-0.25, -0.2) is 4.79 Å². The van der Waals surface area contributed by atoms with Crippen LogP contribution in [0.1, 0.15) is 51.0 Å². The third kappa shape index (κ3) is 4.81. The van der Waals surface area contributed by atoms with Crippen LogP contribution in [-0.4, -0.2) is 43.3 Å². The van der Waals surface area contributed by atoms with E-state index < -0.39 is 0 Å². The SMILES string of the molecule is CCOC(=O)NCC1CCN(C2CCC(C#N)(c3ccccc3)CC2)CC1. The molecule has 1 aromatic carbocycles. The van der Waals surface area contributed by atoms with Crippen molar-refractivity contribution in [3.63, 3.8) is 0 Å². The molecule has 5 heteroatoms.